The van der Waals surface area contributed by atoms with Crippen LogP contribution in [0.15, 0.2) is 18.2 Å². The summed E-state index contributed by atoms with van der Waals surface area (Å²) in [5.41, 5.74) is 2.30. The number of aryl methyl sites for hydroxylation is 1. The van der Waals surface area contributed by atoms with E-state index in [1.54, 1.807) is 26.0 Å². The highest BCUT2D eigenvalue weighted by Crippen LogP contribution is 2.32. The molecule has 0 aliphatic carbocycles. The van der Waals surface area contributed by atoms with Gasteiger partial charge in [0.1, 0.15) is 23.8 Å². The zero-order valence-electron chi connectivity index (χ0n) is 16.9. The highest BCUT2D eigenvalue weighted by atomic mass is 19.1. The van der Waals surface area contributed by atoms with Gasteiger partial charge in [0.05, 0.1) is 17.9 Å². The number of H-pyrrole nitrogens is 1. The molecule has 0 unspecified atom stereocenters. The van der Waals surface area contributed by atoms with Crippen LogP contribution in [0.2, 0.25) is 0 Å². The lowest BCUT2D eigenvalue weighted by Gasteiger charge is -2.22. The monoisotopic (exact) mass is 403 g/mol. The molecule has 29 heavy (non-hydrogen) atoms. The van der Waals surface area contributed by atoms with Crippen LogP contribution >= 0.6 is 0 Å². The van der Waals surface area contributed by atoms with Gasteiger partial charge in [0.2, 0.25) is 0 Å². The molecule has 1 aromatic carbocycles. The Hall–Kier alpha value is -2.87. The summed E-state index contributed by atoms with van der Waals surface area (Å²) in [5.74, 6) is -1.54. The second-order valence-electron chi connectivity index (χ2n) is 7.04. The van der Waals surface area contributed by atoms with E-state index in [1.807, 2.05) is 0 Å². The number of ether oxygens (including phenoxy) is 2. The van der Waals surface area contributed by atoms with Gasteiger partial charge in [-0.3, -0.25) is 4.79 Å². The van der Waals surface area contributed by atoms with Crippen LogP contribution in [0.4, 0.5) is 15.8 Å². The van der Waals surface area contributed by atoms with E-state index < -0.39 is 17.7 Å². The second kappa shape index (κ2) is 9.09. The number of methoxy groups -OCH3 is 1. The van der Waals surface area contributed by atoms with Gasteiger partial charge in [-0.1, -0.05) is 6.07 Å². The van der Waals surface area contributed by atoms with E-state index in [9.17, 15) is 14.0 Å². The first kappa shape index (κ1) is 20.9. The summed E-state index contributed by atoms with van der Waals surface area (Å²) < 4.78 is 24.6. The van der Waals surface area contributed by atoms with E-state index >= 15 is 0 Å². The fraction of sp³-hybridized carbons (Fsp3) is 0.429. The molecule has 1 fully saturated rings. The van der Waals surface area contributed by atoms with Crippen molar-refractivity contribution in [3.8, 4) is 0 Å². The SMILES string of the molecule is COCCOC(=O)c1c(C)[nH]c(C(=O)Nc2c(F)cccc2N2CCCC2)c1C. The molecule has 2 aromatic rings. The third-order valence-corrected chi connectivity index (χ3v) is 5.07. The molecule has 1 amide bonds. The summed E-state index contributed by atoms with van der Waals surface area (Å²) in [4.78, 5) is 30.2. The standard InChI is InChI=1S/C21H26FN3O4/c1-13-17(21(27)29-12-11-28-3)14(2)23-18(13)20(26)24-19-15(22)7-6-8-16(19)25-9-4-5-10-25/h6-8,23H,4-5,9-12H2,1-3H3,(H,24,26). The van der Waals surface area contributed by atoms with Crippen molar-refractivity contribution in [2.75, 3.05) is 43.6 Å². The van der Waals surface area contributed by atoms with E-state index in [0.717, 1.165) is 25.9 Å². The Morgan fingerprint density at radius 3 is 2.62 bits per heavy atom. The Labute approximate surface area is 169 Å². The van der Waals surface area contributed by atoms with Crippen LogP contribution in [-0.2, 0) is 9.47 Å². The van der Waals surface area contributed by atoms with Crippen molar-refractivity contribution in [1.82, 2.24) is 4.98 Å². The quantitative estimate of drug-likeness (QED) is 0.547. The lowest BCUT2D eigenvalue weighted by atomic mass is 10.1. The van der Waals surface area contributed by atoms with Gasteiger partial charge in [-0.05, 0) is 44.4 Å². The molecule has 0 bridgehead atoms. The van der Waals surface area contributed by atoms with Gasteiger partial charge in [-0.2, -0.15) is 0 Å². The highest BCUT2D eigenvalue weighted by molar-refractivity contribution is 6.08. The van der Waals surface area contributed by atoms with Crippen LogP contribution in [0.1, 0.15) is 44.9 Å². The van der Waals surface area contributed by atoms with E-state index in [4.69, 9.17) is 9.47 Å². The van der Waals surface area contributed by atoms with Crippen LogP contribution in [0, 0.1) is 19.7 Å². The molecule has 0 spiro atoms. The van der Waals surface area contributed by atoms with Crippen molar-refractivity contribution < 1.29 is 23.5 Å². The van der Waals surface area contributed by atoms with Gasteiger partial charge in [0.15, 0.2) is 0 Å². The third-order valence-electron chi connectivity index (χ3n) is 5.07. The number of aromatic amines is 1. The summed E-state index contributed by atoms with van der Waals surface area (Å²) in [7, 11) is 1.52. The lowest BCUT2D eigenvalue weighted by molar-refractivity contribution is 0.0387. The number of para-hydroxylation sites is 1. The number of aromatic nitrogens is 1. The molecule has 1 aromatic heterocycles. The molecule has 2 heterocycles. The number of esters is 1. The molecule has 3 rings (SSSR count). The molecular formula is C21H26FN3O4. The van der Waals surface area contributed by atoms with E-state index in [-0.39, 0.29) is 24.6 Å². The van der Waals surface area contributed by atoms with Crippen molar-refractivity contribution >= 4 is 23.3 Å². The van der Waals surface area contributed by atoms with Crippen LogP contribution in [-0.4, -0.2) is 50.3 Å². The van der Waals surface area contributed by atoms with Gasteiger partial charge in [0.25, 0.3) is 5.91 Å². The van der Waals surface area contributed by atoms with Gasteiger partial charge in [-0.25, -0.2) is 9.18 Å². The minimum absolute atomic E-state index is 0.120. The zero-order chi connectivity index (χ0) is 21.0. The van der Waals surface area contributed by atoms with Gasteiger partial charge >= 0.3 is 5.97 Å². The Bertz CT molecular complexity index is 904. The Kier molecular flexibility index (Phi) is 6.53. The number of hydrogen-bond donors (Lipinski definition) is 2. The summed E-state index contributed by atoms with van der Waals surface area (Å²) in [5, 5.41) is 2.69. The highest BCUT2D eigenvalue weighted by Gasteiger charge is 2.25. The minimum Gasteiger partial charge on any atom is -0.460 e. The molecule has 1 aliphatic rings. The number of nitrogens with zero attached hydrogens (tertiary/aromatic N) is 1. The predicted molar refractivity (Wildman–Crippen MR) is 108 cm³/mol. The number of hydrogen-bond acceptors (Lipinski definition) is 5. The van der Waals surface area contributed by atoms with E-state index in [0.29, 0.717) is 22.5 Å². The smallest absolute Gasteiger partial charge is 0.340 e. The topological polar surface area (TPSA) is 83.7 Å². The van der Waals surface area contributed by atoms with Crippen LogP contribution < -0.4 is 10.2 Å². The normalized spacial score (nSPS) is 13.6. The number of anilines is 2. The molecule has 1 saturated heterocycles. The second-order valence-corrected chi connectivity index (χ2v) is 7.04. The lowest BCUT2D eigenvalue weighted by Crippen LogP contribution is -2.22. The number of halogens is 1. The van der Waals surface area contributed by atoms with Crippen LogP contribution in [0.3, 0.4) is 0 Å². The molecule has 156 valence electrons. The molecule has 1 aliphatic heterocycles. The summed E-state index contributed by atoms with van der Waals surface area (Å²) in [6, 6.07) is 4.76. The Morgan fingerprint density at radius 2 is 1.93 bits per heavy atom. The average molecular weight is 403 g/mol. The zero-order valence-corrected chi connectivity index (χ0v) is 16.9. The van der Waals surface area contributed by atoms with Crippen molar-refractivity contribution in [2.45, 2.75) is 26.7 Å². The molecule has 0 radical (unpaired) electrons. The molecule has 0 atom stereocenters. The van der Waals surface area contributed by atoms with Gasteiger partial charge in [0, 0.05) is 25.9 Å². The van der Waals surface area contributed by atoms with E-state index in [1.165, 1.54) is 13.2 Å². The number of rotatable bonds is 7. The van der Waals surface area contributed by atoms with Crippen molar-refractivity contribution in [2.24, 2.45) is 0 Å². The van der Waals surface area contributed by atoms with E-state index in [2.05, 4.69) is 15.2 Å². The van der Waals surface area contributed by atoms with Crippen molar-refractivity contribution in [3.63, 3.8) is 0 Å². The third kappa shape index (κ3) is 4.42. The average Bonchev–Trinajstić information content (AvgIpc) is 3.31. The fourth-order valence-corrected chi connectivity index (χ4v) is 3.61. The molecule has 0 saturated carbocycles. The Balaban J connectivity index is 1.84. The molecule has 8 heteroatoms. The van der Waals surface area contributed by atoms with Crippen LogP contribution in [0.25, 0.3) is 0 Å². The first-order valence-corrected chi connectivity index (χ1v) is 9.64. The van der Waals surface area contributed by atoms with Crippen molar-refractivity contribution in [3.05, 3.63) is 46.5 Å². The first-order chi connectivity index (χ1) is 13.9. The fourth-order valence-electron chi connectivity index (χ4n) is 3.61. The number of carbonyl (C=O) groups excluding carboxylic acids is 2. The summed E-state index contributed by atoms with van der Waals surface area (Å²) in [6.45, 7) is 5.40. The molecule has 2 N–H and O–H groups in total. The van der Waals surface area contributed by atoms with Crippen LogP contribution in [0.5, 0.6) is 0 Å². The minimum atomic E-state index is -0.531. The maximum Gasteiger partial charge on any atom is 0.340 e. The largest absolute Gasteiger partial charge is 0.460 e. The number of benzene rings is 1. The molecule has 7 nitrogen and oxygen atoms in total. The summed E-state index contributed by atoms with van der Waals surface area (Å²) >= 11 is 0. The first-order valence-electron chi connectivity index (χ1n) is 9.64. The number of nitrogens with one attached hydrogen (secondary N) is 2. The van der Waals surface area contributed by atoms with Gasteiger partial charge < -0.3 is 24.7 Å². The van der Waals surface area contributed by atoms with Gasteiger partial charge in [-0.15, -0.1) is 0 Å². The Morgan fingerprint density at radius 1 is 1.21 bits per heavy atom. The maximum absolute atomic E-state index is 14.5. The maximum atomic E-state index is 14.5. The van der Waals surface area contributed by atoms with Crippen molar-refractivity contribution in [1.29, 1.82) is 0 Å². The number of carbonyl (C=O) groups is 2. The predicted octanol–water partition coefficient (Wildman–Crippen LogP) is 3.43. The number of amides is 1. The summed E-state index contributed by atoms with van der Waals surface area (Å²) in [6.07, 6.45) is 2.07. The molecular weight excluding hydrogens is 377 g/mol.